The molecular weight excluding hydrogens is 454 g/mol. The first-order valence-electron chi connectivity index (χ1n) is 11.9. The highest BCUT2D eigenvalue weighted by Crippen LogP contribution is 2.37. The van der Waals surface area contributed by atoms with Crippen LogP contribution in [-0.4, -0.2) is 68.7 Å². The first-order chi connectivity index (χ1) is 16.5. The Morgan fingerprint density at radius 2 is 2.00 bits per heavy atom. The van der Waals surface area contributed by atoms with E-state index < -0.39 is 11.7 Å². The van der Waals surface area contributed by atoms with E-state index in [1.165, 1.54) is 13.1 Å². The molecule has 2 aromatic rings. The Balaban J connectivity index is 1.68. The Bertz CT molecular complexity index is 1130. The summed E-state index contributed by atoms with van der Waals surface area (Å²) in [6, 6.07) is 3.20. The second-order valence-corrected chi connectivity index (χ2v) is 9.50. The highest BCUT2D eigenvalue weighted by Gasteiger charge is 2.45. The van der Waals surface area contributed by atoms with E-state index in [0.717, 1.165) is 45.8 Å². The van der Waals surface area contributed by atoms with Crippen LogP contribution in [0.5, 0.6) is 0 Å². The minimum Gasteiger partial charge on any atom is -0.355 e. The molecule has 11 heteroatoms. The Morgan fingerprint density at radius 1 is 1.23 bits per heavy atom. The van der Waals surface area contributed by atoms with E-state index in [4.69, 9.17) is 5.41 Å². The number of pyridine rings is 1. The molecule has 1 atom stereocenters. The Morgan fingerprint density at radius 3 is 2.63 bits per heavy atom. The fourth-order valence-electron chi connectivity index (χ4n) is 4.88. The van der Waals surface area contributed by atoms with Gasteiger partial charge in [0.25, 0.3) is 0 Å². The van der Waals surface area contributed by atoms with Gasteiger partial charge in [0.05, 0.1) is 11.3 Å². The lowest BCUT2D eigenvalue weighted by Crippen LogP contribution is -2.44. The number of hydrogen-bond acceptors (Lipinski definition) is 7. The predicted molar refractivity (Wildman–Crippen MR) is 130 cm³/mol. The molecule has 0 aliphatic carbocycles. The molecule has 4 heterocycles. The minimum atomic E-state index is -3.20. The molecule has 9 nitrogen and oxygen atoms in total. The van der Waals surface area contributed by atoms with Gasteiger partial charge < -0.3 is 15.5 Å². The van der Waals surface area contributed by atoms with Crippen molar-refractivity contribution in [1.82, 2.24) is 24.8 Å². The molecule has 2 aromatic heterocycles. The van der Waals surface area contributed by atoms with Crippen molar-refractivity contribution in [1.29, 1.82) is 5.41 Å². The van der Waals surface area contributed by atoms with E-state index in [2.05, 4.69) is 37.5 Å². The lowest BCUT2D eigenvalue weighted by molar-refractivity contribution is -0.114. The number of alkyl halides is 2. The largest absolute Gasteiger partial charge is 0.355 e. The predicted octanol–water partition coefficient (Wildman–Crippen LogP) is 3.74. The number of rotatable bonds is 6. The second kappa shape index (κ2) is 9.44. The summed E-state index contributed by atoms with van der Waals surface area (Å²) in [5, 5.41) is 14.7. The van der Waals surface area contributed by atoms with E-state index in [1.54, 1.807) is 12.1 Å². The zero-order valence-corrected chi connectivity index (χ0v) is 20.6. The maximum atomic E-state index is 14.0. The number of hydrogen-bond donors (Lipinski definition) is 3. The van der Waals surface area contributed by atoms with Crippen LogP contribution in [0.25, 0.3) is 0 Å². The number of carbonyl (C=O) groups is 1. The number of likely N-dealkylation sites (tertiary alicyclic amines) is 2. The number of carbonyl (C=O) groups excluding carboxylic acids is 1. The molecule has 1 unspecified atom stereocenters. The van der Waals surface area contributed by atoms with Crippen LogP contribution in [0, 0.1) is 5.41 Å². The third kappa shape index (κ3) is 5.24. The van der Waals surface area contributed by atoms with E-state index >= 15 is 0 Å². The molecule has 2 saturated heterocycles. The summed E-state index contributed by atoms with van der Waals surface area (Å²) >= 11 is 0. The fourth-order valence-corrected chi connectivity index (χ4v) is 4.88. The topological polar surface area (TPSA) is 110 Å². The number of amidine groups is 1. The number of amides is 1. The van der Waals surface area contributed by atoms with Gasteiger partial charge >= 0.3 is 5.92 Å². The quantitative estimate of drug-likeness (QED) is 0.421. The second-order valence-electron chi connectivity index (χ2n) is 9.50. The summed E-state index contributed by atoms with van der Waals surface area (Å²) in [5.41, 5.74) is 1.49. The van der Waals surface area contributed by atoms with Gasteiger partial charge in [0.15, 0.2) is 0 Å². The van der Waals surface area contributed by atoms with E-state index in [0.29, 0.717) is 23.4 Å². The lowest BCUT2D eigenvalue weighted by Gasteiger charge is -2.32. The van der Waals surface area contributed by atoms with Crippen LogP contribution >= 0.6 is 0 Å². The molecular formula is C24H32F2N8O. The van der Waals surface area contributed by atoms with Gasteiger partial charge in [0.2, 0.25) is 11.7 Å². The Kier molecular flexibility index (Phi) is 6.72. The van der Waals surface area contributed by atoms with Crippen molar-refractivity contribution < 1.29 is 13.6 Å². The van der Waals surface area contributed by atoms with Crippen molar-refractivity contribution in [2.24, 2.45) is 0 Å². The molecule has 2 aliphatic rings. The molecule has 1 amide bonds. The standard InChI is InChI=1S/C24H32F2N8O/c1-5-16-11-20(32-22(30-16)23(3,25)26)31-18-12-19(29-15(2)35)28-13-17(18)21(27)34-10-8-24(14-34)7-6-9-33(24)4/h11-13,27H,5-10,14H2,1-4H3,(H2,28,29,30,31,32,35). The van der Waals surface area contributed by atoms with Gasteiger partial charge in [-0.05, 0) is 39.3 Å². The summed E-state index contributed by atoms with van der Waals surface area (Å²) in [6.07, 6.45) is 5.21. The fraction of sp³-hybridized carbons (Fsp3) is 0.542. The Hall–Kier alpha value is -3.21. The zero-order valence-electron chi connectivity index (χ0n) is 20.6. The first kappa shape index (κ1) is 24.9. The molecule has 35 heavy (non-hydrogen) atoms. The van der Waals surface area contributed by atoms with Crippen molar-refractivity contribution in [3.05, 3.63) is 35.4 Å². The smallest absolute Gasteiger partial charge is 0.303 e. The number of aryl methyl sites for hydroxylation is 1. The van der Waals surface area contributed by atoms with Crippen LogP contribution in [-0.2, 0) is 17.1 Å². The number of anilines is 3. The average molecular weight is 487 g/mol. The van der Waals surface area contributed by atoms with Gasteiger partial charge in [-0.3, -0.25) is 15.1 Å². The maximum Gasteiger partial charge on any atom is 0.303 e. The van der Waals surface area contributed by atoms with Gasteiger partial charge in [-0.2, -0.15) is 8.78 Å². The molecule has 0 bridgehead atoms. The van der Waals surface area contributed by atoms with Gasteiger partial charge in [0, 0.05) is 56.5 Å². The molecule has 1 spiro atoms. The monoisotopic (exact) mass is 486 g/mol. The molecule has 0 aromatic carbocycles. The van der Waals surface area contributed by atoms with Gasteiger partial charge in [-0.1, -0.05) is 6.92 Å². The van der Waals surface area contributed by atoms with E-state index in [-0.39, 0.29) is 28.9 Å². The molecule has 3 N–H and O–H groups in total. The lowest BCUT2D eigenvalue weighted by atomic mass is 9.96. The maximum absolute atomic E-state index is 14.0. The third-order valence-corrected chi connectivity index (χ3v) is 6.85. The average Bonchev–Trinajstić information content (AvgIpc) is 3.38. The molecule has 0 saturated carbocycles. The van der Waals surface area contributed by atoms with Crippen molar-refractivity contribution >= 4 is 29.1 Å². The summed E-state index contributed by atoms with van der Waals surface area (Å²) < 4.78 is 28.1. The van der Waals surface area contributed by atoms with Crippen molar-refractivity contribution in [2.75, 3.05) is 37.3 Å². The van der Waals surface area contributed by atoms with Crippen molar-refractivity contribution in [2.45, 2.75) is 57.9 Å². The summed E-state index contributed by atoms with van der Waals surface area (Å²) in [5.74, 6) is -3.30. The minimum absolute atomic E-state index is 0.0771. The summed E-state index contributed by atoms with van der Waals surface area (Å²) in [7, 11) is 2.14. The van der Waals surface area contributed by atoms with E-state index in [9.17, 15) is 13.6 Å². The number of halogens is 2. The highest BCUT2D eigenvalue weighted by atomic mass is 19.3. The van der Waals surface area contributed by atoms with Crippen LogP contribution in [0.15, 0.2) is 18.3 Å². The van der Waals surface area contributed by atoms with Gasteiger partial charge in [-0.25, -0.2) is 15.0 Å². The van der Waals surface area contributed by atoms with Gasteiger partial charge in [-0.15, -0.1) is 0 Å². The SMILES string of the molecule is CCc1cc(Nc2cc(NC(C)=O)ncc2C(=N)N2CCC3(CCCN3C)C2)nc(C(C)(F)F)n1. The van der Waals surface area contributed by atoms with Crippen LogP contribution in [0.3, 0.4) is 0 Å². The third-order valence-electron chi connectivity index (χ3n) is 6.85. The normalized spacial score (nSPS) is 20.5. The van der Waals surface area contributed by atoms with Crippen molar-refractivity contribution in [3.8, 4) is 0 Å². The number of likely N-dealkylation sites (N-methyl/N-ethyl adjacent to an activating group) is 1. The Labute approximate surface area is 203 Å². The molecule has 0 radical (unpaired) electrons. The molecule has 2 aliphatic heterocycles. The molecule has 2 fully saturated rings. The van der Waals surface area contributed by atoms with Crippen molar-refractivity contribution in [3.63, 3.8) is 0 Å². The zero-order chi connectivity index (χ0) is 25.4. The van der Waals surface area contributed by atoms with Gasteiger partial charge in [0.1, 0.15) is 17.5 Å². The first-order valence-corrected chi connectivity index (χ1v) is 11.9. The number of nitrogens with one attached hydrogen (secondary N) is 3. The molecule has 4 rings (SSSR count). The summed E-state index contributed by atoms with van der Waals surface area (Å²) in [4.78, 5) is 28.3. The molecule has 188 valence electrons. The number of nitrogens with zero attached hydrogens (tertiary/aromatic N) is 5. The van der Waals surface area contributed by atoms with Crippen LogP contribution in [0.4, 0.5) is 26.1 Å². The highest BCUT2D eigenvalue weighted by molar-refractivity contribution is 6.02. The van der Waals surface area contributed by atoms with Crippen LogP contribution < -0.4 is 10.6 Å². The van der Waals surface area contributed by atoms with Crippen LogP contribution in [0.1, 0.15) is 57.1 Å². The number of aromatic nitrogens is 3. The summed E-state index contributed by atoms with van der Waals surface area (Å²) in [6.45, 7) is 6.51. The van der Waals surface area contributed by atoms with E-state index in [1.807, 2.05) is 11.8 Å². The van der Waals surface area contributed by atoms with Crippen LogP contribution in [0.2, 0.25) is 0 Å².